The number of halogens is 1. The first-order valence-corrected chi connectivity index (χ1v) is 6.77. The van der Waals surface area contributed by atoms with Gasteiger partial charge in [0, 0.05) is 22.2 Å². The van der Waals surface area contributed by atoms with Crippen molar-refractivity contribution in [2.75, 3.05) is 11.9 Å². The summed E-state index contributed by atoms with van der Waals surface area (Å²) >= 11 is 3.50. The molecule has 1 fully saturated rings. The minimum absolute atomic E-state index is 0.124. The van der Waals surface area contributed by atoms with Crippen LogP contribution in [0.25, 0.3) is 0 Å². The molecule has 1 aliphatic carbocycles. The lowest BCUT2D eigenvalue weighted by molar-refractivity contribution is 0.331. The molecule has 0 spiro atoms. The van der Waals surface area contributed by atoms with Gasteiger partial charge in [-0.25, -0.2) is 0 Å². The highest BCUT2D eigenvalue weighted by Gasteiger charge is 2.30. The highest BCUT2D eigenvalue weighted by atomic mass is 79.9. The maximum absolute atomic E-state index is 5.95. The zero-order valence-corrected chi connectivity index (χ0v) is 11.1. The normalized spacial score (nSPS) is 19.4. The molecule has 1 aromatic rings. The molecule has 0 radical (unpaired) electrons. The topological polar surface area (TPSA) is 38.0 Å². The summed E-state index contributed by atoms with van der Waals surface area (Å²) in [4.78, 5) is 0. The molecule has 0 atom stereocenters. The predicted octanol–water partition coefficient (Wildman–Crippen LogP) is 3.52. The molecule has 0 bridgehead atoms. The Morgan fingerprint density at radius 2 is 2.00 bits per heavy atom. The van der Waals surface area contributed by atoms with Crippen molar-refractivity contribution in [1.29, 1.82) is 0 Å². The van der Waals surface area contributed by atoms with Gasteiger partial charge in [-0.3, -0.25) is 0 Å². The van der Waals surface area contributed by atoms with Crippen molar-refractivity contribution in [1.82, 2.24) is 0 Å². The van der Waals surface area contributed by atoms with Gasteiger partial charge < -0.3 is 11.1 Å². The van der Waals surface area contributed by atoms with Gasteiger partial charge in [-0.1, -0.05) is 41.3 Å². The molecule has 1 saturated carbocycles. The molecule has 0 aliphatic heterocycles. The first-order chi connectivity index (χ1) is 7.74. The van der Waals surface area contributed by atoms with Crippen molar-refractivity contribution in [2.45, 2.75) is 37.6 Å². The van der Waals surface area contributed by atoms with E-state index in [1.807, 2.05) is 6.07 Å². The van der Waals surface area contributed by atoms with Crippen LogP contribution in [-0.2, 0) is 0 Å². The van der Waals surface area contributed by atoms with E-state index in [0.29, 0.717) is 0 Å². The monoisotopic (exact) mass is 282 g/mol. The van der Waals surface area contributed by atoms with E-state index in [9.17, 15) is 0 Å². The van der Waals surface area contributed by atoms with Crippen molar-refractivity contribution in [2.24, 2.45) is 5.73 Å². The lowest BCUT2D eigenvalue weighted by atomic mass is 9.81. The second kappa shape index (κ2) is 5.19. The van der Waals surface area contributed by atoms with Gasteiger partial charge in [-0.15, -0.1) is 0 Å². The SMILES string of the molecule is NCC1(Nc2cccc(Br)c2)CCCCC1. The summed E-state index contributed by atoms with van der Waals surface area (Å²) in [7, 11) is 0. The van der Waals surface area contributed by atoms with Gasteiger partial charge in [0.25, 0.3) is 0 Å². The minimum atomic E-state index is 0.124. The van der Waals surface area contributed by atoms with E-state index < -0.39 is 0 Å². The third-order valence-electron chi connectivity index (χ3n) is 3.44. The second-order valence-electron chi connectivity index (χ2n) is 4.68. The second-order valence-corrected chi connectivity index (χ2v) is 5.60. The molecule has 88 valence electrons. The van der Waals surface area contributed by atoms with Crippen molar-refractivity contribution in [3.05, 3.63) is 28.7 Å². The highest BCUT2D eigenvalue weighted by Crippen LogP contribution is 2.31. The summed E-state index contributed by atoms with van der Waals surface area (Å²) < 4.78 is 1.11. The molecular formula is C13H19BrN2. The van der Waals surface area contributed by atoms with Crippen LogP contribution in [0.15, 0.2) is 28.7 Å². The van der Waals surface area contributed by atoms with E-state index in [-0.39, 0.29) is 5.54 Å². The lowest BCUT2D eigenvalue weighted by Crippen LogP contribution is -2.46. The molecule has 1 aliphatic rings. The number of anilines is 1. The summed E-state index contributed by atoms with van der Waals surface area (Å²) in [6.07, 6.45) is 6.31. The third-order valence-corrected chi connectivity index (χ3v) is 3.93. The number of hydrogen-bond acceptors (Lipinski definition) is 2. The summed E-state index contributed by atoms with van der Waals surface area (Å²) in [5.41, 5.74) is 7.24. The number of benzene rings is 1. The van der Waals surface area contributed by atoms with E-state index in [0.717, 1.165) is 11.0 Å². The smallest absolute Gasteiger partial charge is 0.0495 e. The maximum Gasteiger partial charge on any atom is 0.0495 e. The van der Waals surface area contributed by atoms with Gasteiger partial charge >= 0.3 is 0 Å². The van der Waals surface area contributed by atoms with Crippen molar-refractivity contribution in [3.63, 3.8) is 0 Å². The molecule has 0 saturated heterocycles. The number of nitrogens with two attached hydrogens (primary N) is 1. The molecule has 3 heteroatoms. The molecule has 16 heavy (non-hydrogen) atoms. The van der Waals surface area contributed by atoms with E-state index in [2.05, 4.69) is 39.4 Å². The highest BCUT2D eigenvalue weighted by molar-refractivity contribution is 9.10. The van der Waals surface area contributed by atoms with Gasteiger partial charge in [0.1, 0.15) is 0 Å². The Labute approximate surface area is 106 Å². The summed E-state index contributed by atoms with van der Waals surface area (Å²) in [6, 6.07) is 8.32. The molecular weight excluding hydrogens is 264 g/mol. The fourth-order valence-electron chi connectivity index (χ4n) is 2.48. The molecule has 3 N–H and O–H groups in total. The number of nitrogens with one attached hydrogen (secondary N) is 1. The first-order valence-electron chi connectivity index (χ1n) is 5.98. The van der Waals surface area contributed by atoms with Gasteiger partial charge in [-0.05, 0) is 31.0 Å². The van der Waals surface area contributed by atoms with E-state index in [1.165, 1.54) is 37.8 Å². The van der Waals surface area contributed by atoms with Crippen LogP contribution in [0.1, 0.15) is 32.1 Å². The predicted molar refractivity (Wildman–Crippen MR) is 72.6 cm³/mol. The lowest BCUT2D eigenvalue weighted by Gasteiger charge is -2.38. The Hall–Kier alpha value is -0.540. The number of rotatable bonds is 3. The molecule has 0 aromatic heterocycles. The third kappa shape index (κ3) is 2.77. The first kappa shape index (κ1) is 11.9. The summed E-state index contributed by atoms with van der Waals surface area (Å²) in [6.45, 7) is 0.722. The zero-order chi connectivity index (χ0) is 11.4. The van der Waals surface area contributed by atoms with Crippen LogP contribution >= 0.6 is 15.9 Å². The van der Waals surface area contributed by atoms with Crippen LogP contribution in [0, 0.1) is 0 Å². The average Bonchev–Trinajstić information content (AvgIpc) is 2.30. The molecule has 1 aromatic carbocycles. The zero-order valence-electron chi connectivity index (χ0n) is 9.51. The van der Waals surface area contributed by atoms with Crippen molar-refractivity contribution < 1.29 is 0 Å². The molecule has 0 unspecified atom stereocenters. The standard InChI is InChI=1S/C13H19BrN2/c14-11-5-4-6-12(9-11)16-13(10-15)7-2-1-3-8-13/h4-6,9,16H,1-3,7-8,10,15H2. The Kier molecular flexibility index (Phi) is 3.87. The Bertz CT molecular complexity index is 346. The number of hydrogen-bond donors (Lipinski definition) is 2. The minimum Gasteiger partial charge on any atom is -0.378 e. The van der Waals surface area contributed by atoms with Crippen LogP contribution in [0.4, 0.5) is 5.69 Å². The van der Waals surface area contributed by atoms with Gasteiger partial charge in [0.05, 0.1) is 0 Å². The largest absolute Gasteiger partial charge is 0.378 e. The average molecular weight is 283 g/mol. The fourth-order valence-corrected chi connectivity index (χ4v) is 2.88. The van der Waals surface area contributed by atoms with Crippen LogP contribution in [0.5, 0.6) is 0 Å². The van der Waals surface area contributed by atoms with Gasteiger partial charge in [0.15, 0.2) is 0 Å². The Morgan fingerprint density at radius 3 is 2.62 bits per heavy atom. The van der Waals surface area contributed by atoms with E-state index >= 15 is 0 Å². The molecule has 0 amide bonds. The van der Waals surface area contributed by atoms with Crippen molar-refractivity contribution in [3.8, 4) is 0 Å². The van der Waals surface area contributed by atoms with E-state index in [1.54, 1.807) is 0 Å². The van der Waals surface area contributed by atoms with Crippen LogP contribution in [0.3, 0.4) is 0 Å². The summed E-state index contributed by atoms with van der Waals surface area (Å²) in [5.74, 6) is 0. The Morgan fingerprint density at radius 1 is 1.25 bits per heavy atom. The van der Waals surface area contributed by atoms with Crippen LogP contribution in [-0.4, -0.2) is 12.1 Å². The van der Waals surface area contributed by atoms with Crippen LogP contribution < -0.4 is 11.1 Å². The van der Waals surface area contributed by atoms with E-state index in [4.69, 9.17) is 5.73 Å². The summed E-state index contributed by atoms with van der Waals surface area (Å²) in [5, 5.41) is 3.63. The molecule has 2 nitrogen and oxygen atoms in total. The quantitative estimate of drug-likeness (QED) is 0.890. The maximum atomic E-state index is 5.95. The van der Waals surface area contributed by atoms with Gasteiger partial charge in [0.2, 0.25) is 0 Å². The Balaban J connectivity index is 2.11. The van der Waals surface area contributed by atoms with Crippen LogP contribution in [0.2, 0.25) is 0 Å². The molecule has 2 rings (SSSR count). The fraction of sp³-hybridized carbons (Fsp3) is 0.538. The van der Waals surface area contributed by atoms with Crippen molar-refractivity contribution >= 4 is 21.6 Å². The molecule has 0 heterocycles. The van der Waals surface area contributed by atoms with Gasteiger partial charge in [-0.2, -0.15) is 0 Å².